The second-order valence-electron chi connectivity index (χ2n) is 7.06. The quantitative estimate of drug-likeness (QED) is 0.278. The van der Waals surface area contributed by atoms with Crippen LogP contribution in [0.1, 0.15) is 5.56 Å². The Morgan fingerprint density at radius 3 is 2.12 bits per heavy atom. The van der Waals surface area contributed by atoms with Crippen molar-refractivity contribution >= 4 is 79.8 Å². The third-order valence-corrected chi connectivity index (χ3v) is 8.55. The maximum absolute atomic E-state index is 13.3. The van der Waals surface area contributed by atoms with Crippen LogP contribution in [-0.4, -0.2) is 33.2 Å². The number of carbonyl (C=O) groups is 1. The van der Waals surface area contributed by atoms with Gasteiger partial charge in [0, 0.05) is 38.1 Å². The average Bonchev–Trinajstić information content (AvgIpc) is 2.78. The molecule has 5 nitrogen and oxygen atoms in total. The first-order valence-electron chi connectivity index (χ1n) is 9.99. The van der Waals surface area contributed by atoms with Gasteiger partial charge in [0.2, 0.25) is 5.91 Å². The van der Waals surface area contributed by atoms with Gasteiger partial charge in [-0.05, 0) is 48.0 Å². The molecule has 0 aliphatic heterocycles. The molecule has 0 saturated heterocycles. The number of hydrogen-bond acceptors (Lipinski definition) is 4. The van der Waals surface area contributed by atoms with Crippen LogP contribution in [0, 0.1) is 0 Å². The van der Waals surface area contributed by atoms with E-state index in [0.29, 0.717) is 28.1 Å². The summed E-state index contributed by atoms with van der Waals surface area (Å²) in [4.78, 5) is 12.7. The molecule has 0 radical (unpaired) electrons. The van der Waals surface area contributed by atoms with E-state index in [1.807, 2.05) is 0 Å². The number of benzene rings is 3. The number of nitrogens with one attached hydrogen (secondary N) is 1. The van der Waals surface area contributed by atoms with Gasteiger partial charge in [-0.1, -0.05) is 70.7 Å². The highest BCUT2D eigenvalue weighted by Gasteiger charge is 2.27. The van der Waals surface area contributed by atoms with Crippen molar-refractivity contribution in [3.05, 3.63) is 92.4 Å². The Morgan fingerprint density at radius 1 is 0.882 bits per heavy atom. The minimum absolute atomic E-state index is 0.0473. The van der Waals surface area contributed by atoms with Gasteiger partial charge in [0.1, 0.15) is 6.54 Å². The van der Waals surface area contributed by atoms with E-state index in [0.717, 1.165) is 9.87 Å². The monoisotopic (exact) mass is 576 g/mol. The average molecular weight is 578 g/mol. The van der Waals surface area contributed by atoms with Crippen LogP contribution in [0.15, 0.2) is 71.6 Å². The molecule has 0 fully saturated rings. The van der Waals surface area contributed by atoms with Crippen LogP contribution in [0.3, 0.4) is 0 Å². The Bertz CT molecular complexity index is 1220. The summed E-state index contributed by atoms with van der Waals surface area (Å²) in [7, 11) is -4.04. The highest BCUT2D eigenvalue weighted by atomic mass is 35.5. The van der Waals surface area contributed by atoms with Crippen molar-refractivity contribution in [3.63, 3.8) is 0 Å². The highest BCUT2D eigenvalue weighted by molar-refractivity contribution is 7.98. The standard InChI is InChI=1S/C23H20Cl4N2O3S2/c24-16-11-17(25)13-18(12-16)29(34(31,32)19-5-2-1-3-6-19)14-23(30)28-9-10-33-15-20-21(26)7-4-8-22(20)27/h1-8,11-13H,9-10,14-15H2,(H,28,30). The summed E-state index contributed by atoms with van der Waals surface area (Å²) in [6.07, 6.45) is 0. The number of anilines is 1. The topological polar surface area (TPSA) is 66.5 Å². The molecule has 0 spiro atoms. The zero-order valence-corrected chi connectivity index (χ0v) is 22.3. The molecule has 0 aliphatic carbocycles. The number of hydrogen-bond donors (Lipinski definition) is 1. The third-order valence-electron chi connectivity index (χ3n) is 4.63. The van der Waals surface area contributed by atoms with Gasteiger partial charge in [-0.15, -0.1) is 0 Å². The number of amides is 1. The van der Waals surface area contributed by atoms with E-state index < -0.39 is 22.5 Å². The van der Waals surface area contributed by atoms with Gasteiger partial charge in [0.15, 0.2) is 0 Å². The molecule has 34 heavy (non-hydrogen) atoms. The summed E-state index contributed by atoms with van der Waals surface area (Å²) in [5, 5.41) is 4.44. The fourth-order valence-electron chi connectivity index (χ4n) is 3.01. The first-order chi connectivity index (χ1) is 16.2. The molecule has 180 valence electrons. The number of sulfonamides is 1. The lowest BCUT2D eigenvalue weighted by Crippen LogP contribution is -2.41. The van der Waals surface area contributed by atoms with Gasteiger partial charge in [-0.2, -0.15) is 11.8 Å². The van der Waals surface area contributed by atoms with Crippen molar-refractivity contribution in [3.8, 4) is 0 Å². The molecule has 0 aromatic heterocycles. The van der Waals surface area contributed by atoms with Crippen LogP contribution in [-0.2, 0) is 20.6 Å². The number of rotatable bonds is 10. The van der Waals surface area contributed by atoms with Gasteiger partial charge < -0.3 is 5.32 Å². The van der Waals surface area contributed by atoms with E-state index >= 15 is 0 Å². The largest absolute Gasteiger partial charge is 0.354 e. The van der Waals surface area contributed by atoms with Crippen molar-refractivity contribution in [2.75, 3.05) is 23.1 Å². The lowest BCUT2D eigenvalue weighted by Gasteiger charge is -2.24. The molecule has 1 amide bonds. The molecule has 0 saturated carbocycles. The van der Waals surface area contributed by atoms with Crippen molar-refractivity contribution < 1.29 is 13.2 Å². The molecule has 3 aromatic carbocycles. The van der Waals surface area contributed by atoms with Crippen LogP contribution >= 0.6 is 58.2 Å². The number of nitrogens with zero attached hydrogens (tertiary/aromatic N) is 1. The Morgan fingerprint density at radius 2 is 1.50 bits per heavy atom. The van der Waals surface area contributed by atoms with E-state index in [1.54, 1.807) is 48.2 Å². The van der Waals surface area contributed by atoms with Crippen LogP contribution in [0.25, 0.3) is 0 Å². The lowest BCUT2D eigenvalue weighted by molar-refractivity contribution is -0.119. The first-order valence-corrected chi connectivity index (χ1v) is 14.1. The van der Waals surface area contributed by atoms with Gasteiger partial charge in [-0.3, -0.25) is 9.10 Å². The summed E-state index contributed by atoms with van der Waals surface area (Å²) < 4.78 is 27.6. The smallest absolute Gasteiger partial charge is 0.264 e. The number of thioether (sulfide) groups is 1. The summed E-state index contributed by atoms with van der Waals surface area (Å²) in [6, 6.07) is 17.6. The summed E-state index contributed by atoms with van der Waals surface area (Å²) in [5.74, 6) is 0.706. The zero-order valence-electron chi connectivity index (χ0n) is 17.7. The Kier molecular flexibility index (Phi) is 9.83. The molecular formula is C23H20Cl4N2O3S2. The molecule has 0 unspecified atom stereocenters. The number of halogens is 4. The molecule has 3 rings (SSSR count). The first kappa shape index (κ1) is 27.0. The molecule has 3 aromatic rings. The van der Waals surface area contributed by atoms with Crippen molar-refractivity contribution in [2.24, 2.45) is 0 Å². The molecule has 0 bridgehead atoms. The van der Waals surface area contributed by atoms with Gasteiger partial charge in [0.05, 0.1) is 10.6 Å². The highest BCUT2D eigenvalue weighted by Crippen LogP contribution is 2.30. The predicted molar refractivity (Wildman–Crippen MR) is 143 cm³/mol. The van der Waals surface area contributed by atoms with Gasteiger partial charge in [-0.25, -0.2) is 8.42 Å². The van der Waals surface area contributed by atoms with Crippen LogP contribution in [0.2, 0.25) is 20.1 Å². The van der Waals surface area contributed by atoms with E-state index in [1.165, 1.54) is 30.3 Å². The van der Waals surface area contributed by atoms with Crippen molar-refractivity contribution in [1.82, 2.24) is 5.32 Å². The van der Waals surface area contributed by atoms with E-state index in [-0.39, 0.29) is 20.6 Å². The number of carbonyl (C=O) groups excluding carboxylic acids is 1. The summed E-state index contributed by atoms with van der Waals surface area (Å²) in [5.41, 5.74) is 1.03. The van der Waals surface area contributed by atoms with E-state index in [9.17, 15) is 13.2 Å². The third kappa shape index (κ3) is 7.20. The fraction of sp³-hybridized carbons (Fsp3) is 0.174. The molecule has 0 aliphatic rings. The fourth-order valence-corrected chi connectivity index (χ4v) is 6.55. The Balaban J connectivity index is 1.67. The molecular weight excluding hydrogens is 558 g/mol. The van der Waals surface area contributed by atoms with Gasteiger partial charge in [0.25, 0.3) is 10.0 Å². The van der Waals surface area contributed by atoms with E-state index in [4.69, 9.17) is 46.4 Å². The zero-order chi connectivity index (χ0) is 24.7. The second kappa shape index (κ2) is 12.4. The molecule has 0 heterocycles. The molecule has 11 heteroatoms. The second-order valence-corrected chi connectivity index (χ2v) is 11.7. The Hall–Kier alpha value is -1.61. The lowest BCUT2D eigenvalue weighted by atomic mass is 10.2. The minimum Gasteiger partial charge on any atom is -0.354 e. The SMILES string of the molecule is O=C(CN(c1cc(Cl)cc(Cl)c1)S(=O)(=O)c1ccccc1)NCCSCc1c(Cl)cccc1Cl. The van der Waals surface area contributed by atoms with E-state index in [2.05, 4.69) is 5.32 Å². The maximum atomic E-state index is 13.3. The molecule has 1 N–H and O–H groups in total. The Labute approximate surface area is 223 Å². The maximum Gasteiger partial charge on any atom is 0.264 e. The van der Waals surface area contributed by atoms with Crippen molar-refractivity contribution in [2.45, 2.75) is 10.6 Å². The van der Waals surface area contributed by atoms with Gasteiger partial charge >= 0.3 is 0 Å². The summed E-state index contributed by atoms with van der Waals surface area (Å²) in [6.45, 7) is -0.101. The minimum atomic E-state index is -4.04. The van der Waals surface area contributed by atoms with Crippen LogP contribution in [0.5, 0.6) is 0 Å². The summed E-state index contributed by atoms with van der Waals surface area (Å²) >= 11 is 26.1. The molecule has 0 atom stereocenters. The van der Waals surface area contributed by atoms with Crippen LogP contribution in [0.4, 0.5) is 5.69 Å². The van der Waals surface area contributed by atoms with Crippen LogP contribution < -0.4 is 9.62 Å². The normalized spacial score (nSPS) is 11.3. The van der Waals surface area contributed by atoms with Crippen molar-refractivity contribution in [1.29, 1.82) is 0 Å². The predicted octanol–water partition coefficient (Wildman–Crippen LogP) is 6.55.